The molecule has 0 radical (unpaired) electrons. The van der Waals surface area contributed by atoms with Gasteiger partial charge in [-0.2, -0.15) is 5.26 Å². The molecule has 0 aliphatic rings. The average molecular weight is 275 g/mol. The third-order valence-electron chi connectivity index (χ3n) is 2.55. The molecule has 0 aliphatic carbocycles. The Hall–Kier alpha value is -2.88. The molecule has 0 heterocycles. The van der Waals surface area contributed by atoms with Crippen molar-refractivity contribution in [1.82, 2.24) is 5.32 Å². The average Bonchev–Trinajstić information content (AvgIpc) is 2.39. The summed E-state index contributed by atoms with van der Waals surface area (Å²) in [5, 5.41) is 30.8. The second kappa shape index (κ2) is 6.89. The fourth-order valence-electron chi connectivity index (χ4n) is 1.49. The van der Waals surface area contributed by atoms with Crippen molar-refractivity contribution in [3.05, 3.63) is 51.3 Å². The van der Waals surface area contributed by atoms with Crippen LogP contribution in [0.5, 0.6) is 0 Å². The highest BCUT2D eigenvalue weighted by Gasteiger charge is 2.11. The number of benzene rings is 1. The zero-order chi connectivity index (χ0) is 15.1. The number of rotatable bonds is 5. The Balaban J connectivity index is 2.53. The normalized spacial score (nSPS) is 11.2. The predicted octanol–water partition coefficient (Wildman–Crippen LogP) is 1.61. The van der Waals surface area contributed by atoms with Gasteiger partial charge in [0, 0.05) is 18.7 Å². The lowest BCUT2D eigenvalue weighted by molar-refractivity contribution is -0.384. The second-order valence-electron chi connectivity index (χ2n) is 4.00. The zero-order valence-electron chi connectivity index (χ0n) is 10.8. The Kier molecular flexibility index (Phi) is 5.23. The van der Waals surface area contributed by atoms with E-state index in [0.29, 0.717) is 6.42 Å². The first-order chi connectivity index (χ1) is 9.45. The van der Waals surface area contributed by atoms with Crippen molar-refractivity contribution in [2.75, 3.05) is 6.54 Å². The van der Waals surface area contributed by atoms with Crippen LogP contribution >= 0.6 is 0 Å². The van der Waals surface area contributed by atoms with Crippen LogP contribution in [0.4, 0.5) is 5.69 Å². The van der Waals surface area contributed by atoms with Gasteiger partial charge in [0.15, 0.2) is 5.57 Å². The van der Waals surface area contributed by atoms with E-state index in [2.05, 4.69) is 5.32 Å². The fraction of sp³-hybridized carbons (Fsp3) is 0.231. The van der Waals surface area contributed by atoms with Crippen LogP contribution in [0, 0.1) is 21.4 Å². The van der Waals surface area contributed by atoms with Crippen LogP contribution in [0.1, 0.15) is 12.5 Å². The first-order valence-corrected chi connectivity index (χ1v) is 5.77. The fourth-order valence-corrected chi connectivity index (χ4v) is 1.49. The number of hydrogen-bond acceptors (Lipinski definition) is 5. The Morgan fingerprint density at radius 3 is 2.50 bits per heavy atom. The number of carbonyl (C=O) groups is 1. The summed E-state index contributed by atoms with van der Waals surface area (Å²) in [6, 6.07) is 7.58. The lowest BCUT2D eigenvalue weighted by Crippen LogP contribution is -2.27. The van der Waals surface area contributed by atoms with E-state index in [9.17, 15) is 14.9 Å². The minimum atomic E-state index is -0.644. The number of aliphatic hydroxyl groups is 1. The van der Waals surface area contributed by atoms with Crippen LogP contribution in [0.3, 0.4) is 0 Å². The van der Waals surface area contributed by atoms with Gasteiger partial charge in [-0.15, -0.1) is 0 Å². The van der Waals surface area contributed by atoms with Gasteiger partial charge in [0.1, 0.15) is 11.8 Å². The number of aliphatic hydroxyl groups excluding tert-OH is 1. The van der Waals surface area contributed by atoms with Crippen LogP contribution in [0.25, 0.3) is 0 Å². The summed E-state index contributed by atoms with van der Waals surface area (Å²) in [5.74, 6) is -0.977. The summed E-state index contributed by atoms with van der Waals surface area (Å²) in [4.78, 5) is 21.5. The van der Waals surface area contributed by atoms with Gasteiger partial charge in [-0.25, -0.2) is 0 Å². The molecule has 0 aromatic heterocycles. The first kappa shape index (κ1) is 15.2. The van der Waals surface area contributed by atoms with Gasteiger partial charge >= 0.3 is 0 Å². The standard InChI is InChI=1S/C13H13N3O4/c1-9(17)12(8-14)13(18)15-7-6-10-2-4-11(5-3-10)16(19)20/h2-5,17H,6-7H2,1H3,(H,15,18). The molecule has 7 nitrogen and oxygen atoms in total. The third-order valence-corrected chi connectivity index (χ3v) is 2.55. The molecule has 1 aromatic carbocycles. The highest BCUT2D eigenvalue weighted by molar-refractivity contribution is 5.97. The van der Waals surface area contributed by atoms with Crippen LogP contribution < -0.4 is 5.32 Å². The predicted molar refractivity (Wildman–Crippen MR) is 70.8 cm³/mol. The van der Waals surface area contributed by atoms with E-state index in [0.717, 1.165) is 5.56 Å². The first-order valence-electron chi connectivity index (χ1n) is 5.77. The SMILES string of the molecule is CC(O)=C(C#N)C(=O)NCCc1ccc([N+](=O)[O-])cc1. The molecule has 20 heavy (non-hydrogen) atoms. The molecule has 104 valence electrons. The van der Waals surface area contributed by atoms with Gasteiger partial charge in [0.2, 0.25) is 0 Å². The van der Waals surface area contributed by atoms with Gasteiger partial charge in [-0.3, -0.25) is 14.9 Å². The Morgan fingerprint density at radius 1 is 1.45 bits per heavy atom. The monoisotopic (exact) mass is 275 g/mol. The molecule has 0 unspecified atom stereocenters. The number of nitrogens with one attached hydrogen (secondary N) is 1. The van der Waals surface area contributed by atoms with Gasteiger partial charge in [0.05, 0.1) is 4.92 Å². The summed E-state index contributed by atoms with van der Waals surface area (Å²) < 4.78 is 0. The van der Waals surface area contributed by atoms with E-state index in [4.69, 9.17) is 10.4 Å². The van der Waals surface area contributed by atoms with Crippen molar-refractivity contribution in [2.24, 2.45) is 0 Å². The van der Waals surface area contributed by atoms with Gasteiger partial charge in [-0.1, -0.05) is 12.1 Å². The molecule has 0 fully saturated rings. The lowest BCUT2D eigenvalue weighted by Gasteiger charge is -2.05. The minimum Gasteiger partial charge on any atom is -0.511 e. The number of non-ortho nitro benzene ring substituents is 1. The summed E-state index contributed by atoms with van der Waals surface area (Å²) in [6.45, 7) is 1.52. The molecule has 1 rings (SSSR count). The van der Waals surface area contributed by atoms with Crippen molar-refractivity contribution < 1.29 is 14.8 Å². The Morgan fingerprint density at radius 2 is 2.05 bits per heavy atom. The van der Waals surface area contributed by atoms with Gasteiger partial charge < -0.3 is 10.4 Å². The number of hydrogen-bond donors (Lipinski definition) is 2. The molecule has 7 heteroatoms. The number of nitro benzene ring substituents is 1. The second-order valence-corrected chi connectivity index (χ2v) is 4.00. The van der Waals surface area contributed by atoms with E-state index in [-0.39, 0.29) is 23.6 Å². The quantitative estimate of drug-likeness (QED) is 0.278. The van der Waals surface area contributed by atoms with Crippen LogP contribution in [0.2, 0.25) is 0 Å². The smallest absolute Gasteiger partial charge is 0.269 e. The van der Waals surface area contributed by atoms with Crippen molar-refractivity contribution in [2.45, 2.75) is 13.3 Å². The molecule has 0 bridgehead atoms. The number of nitro groups is 1. The van der Waals surface area contributed by atoms with Crippen LogP contribution in [-0.2, 0) is 11.2 Å². The van der Waals surface area contributed by atoms with E-state index in [1.165, 1.54) is 19.1 Å². The molecule has 1 amide bonds. The maximum atomic E-state index is 11.5. The van der Waals surface area contributed by atoms with Crippen LogP contribution in [0.15, 0.2) is 35.6 Å². The van der Waals surface area contributed by atoms with Crippen molar-refractivity contribution in [3.8, 4) is 6.07 Å². The Labute approximate surface area is 115 Å². The molecule has 2 N–H and O–H groups in total. The molecule has 1 aromatic rings. The molecule has 0 spiro atoms. The number of nitriles is 1. The van der Waals surface area contributed by atoms with Crippen molar-refractivity contribution in [1.29, 1.82) is 5.26 Å². The molecular weight excluding hydrogens is 262 g/mol. The summed E-state index contributed by atoms with van der Waals surface area (Å²) in [5.41, 5.74) is 0.496. The summed E-state index contributed by atoms with van der Waals surface area (Å²) in [7, 11) is 0. The highest BCUT2D eigenvalue weighted by Crippen LogP contribution is 2.12. The molecule has 0 atom stereocenters. The van der Waals surface area contributed by atoms with E-state index in [1.807, 2.05) is 0 Å². The van der Waals surface area contributed by atoms with Crippen molar-refractivity contribution in [3.63, 3.8) is 0 Å². The zero-order valence-corrected chi connectivity index (χ0v) is 10.8. The Bertz CT molecular complexity index is 581. The molecule has 0 saturated heterocycles. The van der Waals surface area contributed by atoms with E-state index >= 15 is 0 Å². The van der Waals surface area contributed by atoms with E-state index < -0.39 is 10.8 Å². The van der Waals surface area contributed by atoms with E-state index in [1.54, 1.807) is 18.2 Å². The number of nitrogens with zero attached hydrogens (tertiary/aromatic N) is 2. The van der Waals surface area contributed by atoms with Crippen molar-refractivity contribution >= 4 is 11.6 Å². The minimum absolute atomic E-state index is 0.00314. The molecular formula is C13H13N3O4. The number of carbonyl (C=O) groups excluding carboxylic acids is 1. The maximum Gasteiger partial charge on any atom is 0.269 e. The van der Waals surface area contributed by atoms with Crippen LogP contribution in [-0.4, -0.2) is 22.5 Å². The van der Waals surface area contributed by atoms with Gasteiger partial charge in [0.25, 0.3) is 11.6 Å². The highest BCUT2D eigenvalue weighted by atomic mass is 16.6. The topological polar surface area (TPSA) is 116 Å². The largest absolute Gasteiger partial charge is 0.511 e. The summed E-state index contributed by atoms with van der Waals surface area (Å²) in [6.07, 6.45) is 0.465. The lowest BCUT2D eigenvalue weighted by atomic mass is 10.1. The third kappa shape index (κ3) is 4.10. The number of allylic oxidation sites excluding steroid dienone is 1. The molecule has 0 aliphatic heterocycles. The number of amides is 1. The maximum absolute atomic E-state index is 11.5. The molecule has 0 saturated carbocycles. The summed E-state index contributed by atoms with van der Waals surface area (Å²) >= 11 is 0. The van der Waals surface area contributed by atoms with Gasteiger partial charge in [-0.05, 0) is 18.9 Å².